The molecule has 0 saturated heterocycles. The Morgan fingerprint density at radius 3 is 0.917 bits per heavy atom. The number of aliphatic imine (C=N–C) groups is 2. The summed E-state index contributed by atoms with van der Waals surface area (Å²) in [5.74, 6) is 4.06. The Labute approximate surface area is 220 Å². The molecule has 0 spiro atoms. The van der Waals surface area contributed by atoms with E-state index in [4.69, 9.17) is 9.98 Å². The largest absolute Gasteiger partial charge is 0.354 e. The first-order valence-corrected chi connectivity index (χ1v) is 13.1. The van der Waals surface area contributed by atoms with Crippen molar-refractivity contribution in [2.45, 2.75) is 105 Å². The van der Waals surface area contributed by atoms with E-state index < -0.39 is 0 Å². The maximum atomic E-state index is 5.28. The lowest BCUT2D eigenvalue weighted by molar-refractivity contribution is 0.258. The van der Waals surface area contributed by atoms with Crippen LogP contribution < -0.4 is 10.4 Å². The molecule has 0 amide bonds. The molecule has 6 nitrogen and oxygen atoms in total. The van der Waals surface area contributed by atoms with Crippen molar-refractivity contribution in [3.63, 3.8) is 0 Å². The molecule has 0 unspecified atom stereocenters. The lowest BCUT2D eigenvalue weighted by Crippen LogP contribution is -2.45. The maximum Gasteiger partial charge on any atom is 0.139 e. The molecule has 6 heteroatoms. The smallest absolute Gasteiger partial charge is 0.139 e. The lowest BCUT2D eigenvalue weighted by atomic mass is 9.99. The molecule has 0 radical (unpaired) electrons. The topological polar surface area (TPSA) is 37.7 Å². The minimum atomic E-state index is -0.0618. The zero-order valence-corrected chi connectivity index (χ0v) is 25.8. The molecule has 0 aliphatic carbocycles. The molecule has 0 bridgehead atoms. The fourth-order valence-corrected chi connectivity index (χ4v) is 4.07. The summed E-state index contributed by atoms with van der Waals surface area (Å²) in [6.07, 6.45) is 0. The molecule has 0 fully saturated rings. The number of nitrogens with zero attached hydrogens (tertiary/aromatic N) is 6. The van der Waals surface area contributed by atoms with Gasteiger partial charge >= 0.3 is 0 Å². The van der Waals surface area contributed by atoms with Crippen LogP contribution in [0, 0.1) is 0 Å². The van der Waals surface area contributed by atoms with Gasteiger partial charge in [-0.05, 0) is 95.2 Å². The van der Waals surface area contributed by atoms with Gasteiger partial charge in [0.1, 0.15) is 23.3 Å². The van der Waals surface area contributed by atoms with Crippen LogP contribution in [0.2, 0.25) is 0 Å². The van der Waals surface area contributed by atoms with Crippen LogP contribution in [0.5, 0.6) is 0 Å². The van der Waals surface area contributed by atoms with Gasteiger partial charge in [0, 0.05) is 71.9 Å². The summed E-state index contributed by atoms with van der Waals surface area (Å²) in [7, 11) is 8.60. The monoisotopic (exact) mass is 494 g/mol. The van der Waals surface area contributed by atoms with Crippen LogP contribution in [0.4, 0.5) is 0 Å². The van der Waals surface area contributed by atoms with E-state index in [9.17, 15) is 0 Å². The van der Waals surface area contributed by atoms with Crippen LogP contribution in [-0.4, -0.2) is 81.6 Å². The maximum absolute atomic E-state index is 5.28. The summed E-state index contributed by atoms with van der Waals surface area (Å²) in [4.78, 5) is 19.7. The van der Waals surface area contributed by atoms with Crippen LogP contribution in [0.15, 0.2) is 22.1 Å². The van der Waals surface area contributed by atoms with Gasteiger partial charge in [0.25, 0.3) is 0 Å². The van der Waals surface area contributed by atoms with Gasteiger partial charge in [-0.3, -0.25) is 0 Å². The van der Waals surface area contributed by atoms with Gasteiger partial charge in [0.05, 0.1) is 0 Å². The van der Waals surface area contributed by atoms with E-state index in [2.05, 4.69) is 143 Å². The minimum absolute atomic E-state index is 0.0618. The molecule has 1 aromatic rings. The van der Waals surface area contributed by atoms with Gasteiger partial charge in [-0.15, -0.1) is 0 Å². The summed E-state index contributed by atoms with van der Waals surface area (Å²) < 4.78 is 0. The highest BCUT2D eigenvalue weighted by Crippen LogP contribution is 2.28. The molecule has 2 aliphatic heterocycles. The van der Waals surface area contributed by atoms with Gasteiger partial charge in [-0.1, -0.05) is 0 Å². The molecule has 0 saturated carbocycles. The first-order valence-electron chi connectivity index (χ1n) is 13.1. The van der Waals surface area contributed by atoms with Crippen molar-refractivity contribution in [2.75, 3.05) is 28.2 Å². The van der Waals surface area contributed by atoms with Gasteiger partial charge in [0.2, 0.25) is 0 Å². The summed E-state index contributed by atoms with van der Waals surface area (Å²) >= 11 is 0. The van der Waals surface area contributed by atoms with Crippen molar-refractivity contribution in [1.82, 2.24) is 19.6 Å². The highest BCUT2D eigenvalue weighted by atomic mass is 15.3. The molecule has 2 aliphatic rings. The second-order valence-electron chi connectivity index (χ2n) is 14.4. The Kier molecular flexibility index (Phi) is 6.65. The normalized spacial score (nSPS) is 16.0. The van der Waals surface area contributed by atoms with Crippen molar-refractivity contribution in [1.29, 1.82) is 0 Å². The molecule has 0 N–H and O–H groups in total. The molecule has 2 heterocycles. The molecule has 200 valence electrons. The average molecular weight is 495 g/mol. The summed E-state index contributed by atoms with van der Waals surface area (Å²) in [6, 6.07) is 4.67. The van der Waals surface area contributed by atoms with Crippen molar-refractivity contribution in [3.8, 4) is 0 Å². The SMILES string of the molecule is CN(C1=NC(N(C)C(C)(C)C)=c2cc3c(cc21)=C(N(C)C(C)(C)C)N=C3N(C)C(C)(C)C)C(C)(C)C. The van der Waals surface area contributed by atoms with Crippen LogP contribution in [0.3, 0.4) is 0 Å². The van der Waals surface area contributed by atoms with E-state index >= 15 is 0 Å². The Balaban J connectivity index is 2.43. The summed E-state index contributed by atoms with van der Waals surface area (Å²) in [5, 5.41) is 2.35. The van der Waals surface area contributed by atoms with E-state index in [1.165, 1.54) is 21.6 Å². The molecule has 1 aromatic carbocycles. The minimum Gasteiger partial charge on any atom is -0.354 e. The standard InChI is InChI=1S/C30H50N6/c1-27(2,3)33(13)23-19-17-21-22(18-20(19)24(31-23)34(14)28(4,5)6)26(36(16)30(10,11)12)32-25(21)35(15)29(7,8)9/h17-18H,1-16H3. The van der Waals surface area contributed by atoms with Gasteiger partial charge < -0.3 is 19.6 Å². The Hall–Kier alpha value is -2.50. The lowest BCUT2D eigenvalue weighted by Gasteiger charge is -2.35. The molecule has 0 aromatic heterocycles. The number of fused-ring (bicyclic) bond motifs is 2. The van der Waals surface area contributed by atoms with Crippen LogP contribution in [0.25, 0.3) is 11.6 Å². The second kappa shape index (κ2) is 8.53. The van der Waals surface area contributed by atoms with E-state index in [1.807, 2.05) is 0 Å². The van der Waals surface area contributed by atoms with Gasteiger partial charge in [-0.25, -0.2) is 9.98 Å². The number of benzene rings is 1. The second-order valence-corrected chi connectivity index (χ2v) is 14.4. The molecule has 3 rings (SSSR count). The Morgan fingerprint density at radius 2 is 0.694 bits per heavy atom. The number of hydrogen-bond acceptors (Lipinski definition) is 6. The third-order valence-electron chi connectivity index (χ3n) is 7.84. The number of rotatable bonds is 2. The number of amidine groups is 2. The first kappa shape index (κ1) is 28.1. The fraction of sp³-hybridized carbons (Fsp3) is 0.667. The molecular formula is C30H50N6. The van der Waals surface area contributed by atoms with Crippen LogP contribution in [-0.2, 0) is 0 Å². The number of hydrogen-bond donors (Lipinski definition) is 0. The fourth-order valence-electron chi connectivity index (χ4n) is 4.07. The van der Waals surface area contributed by atoms with E-state index in [-0.39, 0.29) is 22.2 Å². The Morgan fingerprint density at radius 1 is 0.444 bits per heavy atom. The van der Waals surface area contributed by atoms with E-state index in [0.717, 1.165) is 23.3 Å². The van der Waals surface area contributed by atoms with E-state index in [0.29, 0.717) is 0 Å². The quantitative estimate of drug-likeness (QED) is 0.616. The van der Waals surface area contributed by atoms with Gasteiger partial charge in [0.15, 0.2) is 0 Å². The van der Waals surface area contributed by atoms with Crippen LogP contribution >= 0.6 is 0 Å². The predicted octanol–water partition coefficient (Wildman–Crippen LogP) is 4.26. The molecule has 0 atom stereocenters. The van der Waals surface area contributed by atoms with Crippen molar-refractivity contribution in [3.05, 3.63) is 33.7 Å². The Bertz CT molecular complexity index is 1120. The van der Waals surface area contributed by atoms with Crippen molar-refractivity contribution >= 4 is 23.3 Å². The highest BCUT2D eigenvalue weighted by Gasteiger charge is 2.35. The molecule has 36 heavy (non-hydrogen) atoms. The van der Waals surface area contributed by atoms with Crippen molar-refractivity contribution in [2.24, 2.45) is 9.98 Å². The first-order chi connectivity index (χ1) is 16.1. The predicted molar refractivity (Wildman–Crippen MR) is 156 cm³/mol. The summed E-state index contributed by atoms with van der Waals surface area (Å²) in [5.41, 5.74) is 2.10. The molecular weight excluding hydrogens is 444 g/mol. The third kappa shape index (κ3) is 4.88. The third-order valence-corrected chi connectivity index (χ3v) is 7.84. The highest BCUT2D eigenvalue weighted by molar-refractivity contribution is 6.08. The van der Waals surface area contributed by atoms with Crippen LogP contribution in [0.1, 0.15) is 94.2 Å². The zero-order valence-electron chi connectivity index (χ0n) is 25.8. The van der Waals surface area contributed by atoms with Crippen molar-refractivity contribution < 1.29 is 0 Å². The zero-order chi connectivity index (χ0) is 27.8. The summed E-state index contributed by atoms with van der Waals surface area (Å²) in [6.45, 7) is 26.8. The van der Waals surface area contributed by atoms with E-state index in [1.54, 1.807) is 0 Å². The average Bonchev–Trinajstić information content (AvgIpc) is 3.25. The van der Waals surface area contributed by atoms with Gasteiger partial charge in [-0.2, -0.15) is 0 Å².